The van der Waals surface area contributed by atoms with Crippen LogP contribution < -0.4 is 4.74 Å². The van der Waals surface area contributed by atoms with Crippen molar-refractivity contribution in [3.8, 4) is 5.75 Å². The number of rotatable bonds is 6. The van der Waals surface area contributed by atoms with E-state index in [0.717, 1.165) is 56.2 Å². The number of piperazine rings is 1. The Morgan fingerprint density at radius 2 is 1.63 bits per heavy atom. The van der Waals surface area contributed by atoms with Gasteiger partial charge in [0.25, 0.3) is 0 Å². The number of halogens is 2. The number of fused-ring (bicyclic) bond motifs is 1. The lowest BCUT2D eigenvalue weighted by Crippen LogP contribution is -2.45. The molecular formula is C20H22F2N4O. The molecule has 1 aliphatic rings. The van der Waals surface area contributed by atoms with Crippen LogP contribution in [0.25, 0.3) is 5.65 Å². The van der Waals surface area contributed by atoms with Gasteiger partial charge in [-0.2, -0.15) is 8.78 Å². The predicted octanol–water partition coefficient (Wildman–Crippen LogP) is 3.25. The van der Waals surface area contributed by atoms with E-state index in [-0.39, 0.29) is 5.75 Å². The van der Waals surface area contributed by atoms with E-state index >= 15 is 0 Å². The maximum atomic E-state index is 12.2. The van der Waals surface area contributed by atoms with Crippen LogP contribution in [0.3, 0.4) is 0 Å². The molecule has 1 aliphatic heterocycles. The van der Waals surface area contributed by atoms with Gasteiger partial charge in [0, 0.05) is 51.7 Å². The summed E-state index contributed by atoms with van der Waals surface area (Å²) in [5.41, 5.74) is 3.17. The zero-order valence-electron chi connectivity index (χ0n) is 15.0. The van der Waals surface area contributed by atoms with Crippen LogP contribution in [0.4, 0.5) is 8.78 Å². The highest BCUT2D eigenvalue weighted by molar-refractivity contribution is 5.39. The SMILES string of the molecule is FC(F)Oc1ccc(CN2CCN(Cc3cn4ccccc4n3)CC2)cc1. The summed E-state index contributed by atoms with van der Waals surface area (Å²) in [6, 6.07) is 12.9. The van der Waals surface area contributed by atoms with Crippen LogP contribution in [-0.2, 0) is 13.1 Å². The van der Waals surface area contributed by atoms with Crippen molar-refractivity contribution in [1.82, 2.24) is 19.2 Å². The highest BCUT2D eigenvalue weighted by Gasteiger charge is 2.18. The minimum atomic E-state index is -2.78. The van der Waals surface area contributed by atoms with E-state index in [2.05, 4.69) is 25.7 Å². The van der Waals surface area contributed by atoms with Crippen molar-refractivity contribution < 1.29 is 13.5 Å². The summed E-state index contributed by atoms with van der Waals surface area (Å²) in [5.74, 6) is 0.200. The first-order valence-corrected chi connectivity index (χ1v) is 9.07. The standard InChI is InChI=1S/C20H22F2N4O/c21-20(22)27-18-6-4-16(5-7-18)13-24-9-11-25(12-10-24)14-17-15-26-8-2-1-3-19(26)23-17/h1-8,15,20H,9-14H2. The lowest BCUT2D eigenvalue weighted by molar-refractivity contribution is -0.0498. The highest BCUT2D eigenvalue weighted by atomic mass is 19.3. The Hall–Kier alpha value is -2.51. The fraction of sp³-hybridized carbons (Fsp3) is 0.350. The third-order valence-electron chi connectivity index (χ3n) is 4.82. The van der Waals surface area contributed by atoms with E-state index in [9.17, 15) is 8.78 Å². The molecule has 2 aromatic heterocycles. The third-order valence-corrected chi connectivity index (χ3v) is 4.82. The summed E-state index contributed by atoms with van der Waals surface area (Å²) in [6.07, 6.45) is 4.10. The number of hydrogen-bond acceptors (Lipinski definition) is 4. The third kappa shape index (κ3) is 4.61. The Balaban J connectivity index is 1.27. The molecule has 0 spiro atoms. The van der Waals surface area contributed by atoms with Gasteiger partial charge >= 0.3 is 6.61 Å². The van der Waals surface area contributed by atoms with Crippen LogP contribution >= 0.6 is 0 Å². The quantitative estimate of drug-likeness (QED) is 0.665. The molecular weight excluding hydrogens is 350 g/mol. The zero-order valence-corrected chi connectivity index (χ0v) is 15.0. The van der Waals surface area contributed by atoms with Gasteiger partial charge in [-0.25, -0.2) is 4.98 Å². The van der Waals surface area contributed by atoms with Crippen LogP contribution in [0.2, 0.25) is 0 Å². The molecule has 3 aromatic rings. The van der Waals surface area contributed by atoms with Crippen LogP contribution in [-0.4, -0.2) is 52.0 Å². The molecule has 0 amide bonds. The molecule has 0 unspecified atom stereocenters. The van der Waals surface area contributed by atoms with E-state index in [1.165, 1.54) is 0 Å². The van der Waals surface area contributed by atoms with Gasteiger partial charge in [0.2, 0.25) is 0 Å². The first-order chi connectivity index (χ1) is 13.2. The maximum Gasteiger partial charge on any atom is 0.387 e. The number of alkyl halides is 2. The summed E-state index contributed by atoms with van der Waals surface area (Å²) in [4.78, 5) is 9.46. The summed E-state index contributed by atoms with van der Waals surface area (Å²) in [5, 5.41) is 0. The van der Waals surface area contributed by atoms with Crippen molar-refractivity contribution in [2.45, 2.75) is 19.7 Å². The first-order valence-electron chi connectivity index (χ1n) is 9.07. The second-order valence-electron chi connectivity index (χ2n) is 6.77. The van der Waals surface area contributed by atoms with Gasteiger partial charge in [-0.15, -0.1) is 0 Å². The maximum absolute atomic E-state index is 12.2. The Morgan fingerprint density at radius 3 is 2.30 bits per heavy atom. The second kappa shape index (κ2) is 8.02. The molecule has 27 heavy (non-hydrogen) atoms. The average molecular weight is 372 g/mol. The fourth-order valence-electron chi connectivity index (χ4n) is 3.43. The van der Waals surface area contributed by atoms with Gasteiger partial charge in [-0.3, -0.25) is 9.80 Å². The molecule has 0 saturated carbocycles. The Labute approximate surface area is 156 Å². The lowest BCUT2D eigenvalue weighted by atomic mass is 10.2. The van der Waals surface area contributed by atoms with Crippen LogP contribution in [0, 0.1) is 0 Å². The van der Waals surface area contributed by atoms with Gasteiger partial charge in [0.1, 0.15) is 11.4 Å². The fourth-order valence-corrected chi connectivity index (χ4v) is 3.43. The van der Waals surface area contributed by atoms with E-state index in [4.69, 9.17) is 0 Å². The minimum Gasteiger partial charge on any atom is -0.435 e. The summed E-state index contributed by atoms with van der Waals surface area (Å²) < 4.78 is 30.9. The molecule has 3 heterocycles. The monoisotopic (exact) mass is 372 g/mol. The Bertz CT molecular complexity index is 840. The topological polar surface area (TPSA) is 33.0 Å². The molecule has 5 nitrogen and oxygen atoms in total. The second-order valence-corrected chi connectivity index (χ2v) is 6.77. The molecule has 142 valence electrons. The van der Waals surface area contributed by atoms with E-state index in [1.54, 1.807) is 12.1 Å². The van der Waals surface area contributed by atoms with Gasteiger partial charge in [0.05, 0.1) is 5.69 Å². The summed E-state index contributed by atoms with van der Waals surface area (Å²) >= 11 is 0. The number of ether oxygens (including phenoxy) is 1. The molecule has 0 radical (unpaired) electrons. The van der Waals surface area contributed by atoms with Gasteiger partial charge in [-0.1, -0.05) is 18.2 Å². The van der Waals surface area contributed by atoms with Crippen molar-refractivity contribution in [1.29, 1.82) is 0 Å². The molecule has 1 aromatic carbocycles. The van der Waals surface area contributed by atoms with E-state index in [1.807, 2.05) is 40.9 Å². The van der Waals surface area contributed by atoms with Crippen LogP contribution in [0.5, 0.6) is 5.75 Å². The molecule has 1 saturated heterocycles. The Morgan fingerprint density at radius 1 is 0.926 bits per heavy atom. The predicted molar refractivity (Wildman–Crippen MR) is 98.8 cm³/mol. The van der Waals surface area contributed by atoms with Crippen LogP contribution in [0.15, 0.2) is 54.9 Å². The van der Waals surface area contributed by atoms with Crippen LogP contribution in [0.1, 0.15) is 11.3 Å². The molecule has 0 atom stereocenters. The molecule has 0 aliphatic carbocycles. The average Bonchev–Trinajstić information content (AvgIpc) is 3.07. The molecule has 0 bridgehead atoms. The summed E-state index contributed by atoms with van der Waals surface area (Å²) in [7, 11) is 0. The molecule has 0 N–H and O–H groups in total. The van der Waals surface area contributed by atoms with E-state index in [0.29, 0.717) is 0 Å². The highest BCUT2D eigenvalue weighted by Crippen LogP contribution is 2.17. The smallest absolute Gasteiger partial charge is 0.387 e. The van der Waals surface area contributed by atoms with Gasteiger partial charge in [0.15, 0.2) is 0 Å². The summed E-state index contributed by atoms with van der Waals surface area (Å²) in [6.45, 7) is 2.82. The number of nitrogens with zero attached hydrogens (tertiary/aromatic N) is 4. The van der Waals surface area contributed by atoms with Gasteiger partial charge < -0.3 is 9.14 Å². The van der Waals surface area contributed by atoms with Crippen molar-refractivity contribution in [2.75, 3.05) is 26.2 Å². The molecule has 1 fully saturated rings. The van der Waals surface area contributed by atoms with E-state index < -0.39 is 6.61 Å². The number of imidazole rings is 1. The Kier molecular flexibility index (Phi) is 5.31. The van der Waals surface area contributed by atoms with Gasteiger partial charge in [-0.05, 0) is 29.8 Å². The molecule has 7 heteroatoms. The molecule has 4 rings (SSSR count). The van der Waals surface area contributed by atoms with Crippen molar-refractivity contribution in [3.05, 3.63) is 66.1 Å². The van der Waals surface area contributed by atoms with Crippen molar-refractivity contribution in [2.24, 2.45) is 0 Å². The zero-order chi connectivity index (χ0) is 18.6. The largest absolute Gasteiger partial charge is 0.435 e. The number of pyridine rings is 1. The number of aromatic nitrogens is 2. The number of hydrogen-bond donors (Lipinski definition) is 0. The number of benzene rings is 1. The van der Waals surface area contributed by atoms with Crippen molar-refractivity contribution in [3.63, 3.8) is 0 Å². The normalized spacial score (nSPS) is 16.3. The first kappa shape index (κ1) is 17.9. The minimum absolute atomic E-state index is 0.200. The lowest BCUT2D eigenvalue weighted by Gasteiger charge is -2.34. The van der Waals surface area contributed by atoms with Crippen molar-refractivity contribution >= 4 is 5.65 Å².